The minimum atomic E-state index is -1.97. The average molecular weight is 410 g/mol. The van der Waals surface area contributed by atoms with E-state index in [0.717, 1.165) is 11.4 Å². The standard InChI is InChI=1S/C27H25NOP/c1-29-24-19-17-23(18-20-24)28-21-22-30(25-11-5-2-6-12-25,26-13-7-3-8-14-26)27-15-9-4-10-16-27/h2-22,28H,1H3/q+1. The van der Waals surface area contributed by atoms with Gasteiger partial charge >= 0.3 is 0 Å². The second-order valence-electron chi connectivity index (χ2n) is 6.92. The van der Waals surface area contributed by atoms with Crippen molar-refractivity contribution in [2.45, 2.75) is 0 Å². The monoisotopic (exact) mass is 410 g/mol. The SMILES string of the molecule is COc1ccc(NC=C[P+](c2ccccc2)(c2ccccc2)c2ccccc2)cc1. The molecular formula is C27H25NOP+. The van der Waals surface area contributed by atoms with Crippen LogP contribution in [-0.4, -0.2) is 7.11 Å². The highest BCUT2D eigenvalue weighted by molar-refractivity contribution is 7.98. The highest BCUT2D eigenvalue weighted by atomic mass is 31.2. The number of hydrogen-bond acceptors (Lipinski definition) is 2. The Morgan fingerprint density at radius 2 is 1.03 bits per heavy atom. The van der Waals surface area contributed by atoms with Crippen LogP contribution < -0.4 is 26.0 Å². The fourth-order valence-corrected chi connectivity index (χ4v) is 7.26. The van der Waals surface area contributed by atoms with E-state index >= 15 is 0 Å². The maximum atomic E-state index is 5.26. The summed E-state index contributed by atoms with van der Waals surface area (Å²) in [6.45, 7) is 0. The Bertz CT molecular complexity index is 981. The van der Waals surface area contributed by atoms with Gasteiger partial charge in [0.15, 0.2) is 0 Å². The molecule has 0 aliphatic heterocycles. The molecule has 0 spiro atoms. The van der Waals surface area contributed by atoms with Crippen LogP contribution in [-0.2, 0) is 0 Å². The van der Waals surface area contributed by atoms with Gasteiger partial charge in [-0.25, -0.2) is 0 Å². The zero-order valence-corrected chi connectivity index (χ0v) is 17.9. The van der Waals surface area contributed by atoms with Gasteiger partial charge in [-0.1, -0.05) is 54.6 Å². The van der Waals surface area contributed by atoms with Gasteiger partial charge in [0, 0.05) is 11.9 Å². The molecule has 0 heterocycles. The molecule has 0 saturated heterocycles. The number of benzene rings is 4. The van der Waals surface area contributed by atoms with Gasteiger partial charge in [0.25, 0.3) is 0 Å². The van der Waals surface area contributed by atoms with Crippen LogP contribution in [0.15, 0.2) is 127 Å². The van der Waals surface area contributed by atoms with E-state index in [9.17, 15) is 0 Å². The normalized spacial score (nSPS) is 11.4. The molecule has 4 aromatic rings. The summed E-state index contributed by atoms with van der Waals surface area (Å²) in [5.41, 5.74) is 1.03. The van der Waals surface area contributed by atoms with Crippen LogP contribution >= 0.6 is 7.26 Å². The molecule has 0 aliphatic carbocycles. The van der Waals surface area contributed by atoms with E-state index in [0.29, 0.717) is 0 Å². The van der Waals surface area contributed by atoms with Crippen molar-refractivity contribution in [3.05, 3.63) is 127 Å². The molecule has 0 amide bonds. The van der Waals surface area contributed by atoms with Gasteiger partial charge in [0.2, 0.25) is 0 Å². The van der Waals surface area contributed by atoms with Gasteiger partial charge in [-0.3, -0.25) is 0 Å². The lowest BCUT2D eigenvalue weighted by atomic mass is 10.3. The molecule has 0 aliphatic rings. The fourth-order valence-electron chi connectivity index (χ4n) is 3.63. The minimum absolute atomic E-state index is 0.851. The summed E-state index contributed by atoms with van der Waals surface area (Å²) >= 11 is 0. The van der Waals surface area contributed by atoms with Crippen molar-refractivity contribution in [1.82, 2.24) is 0 Å². The first-order valence-corrected chi connectivity index (χ1v) is 11.8. The largest absolute Gasteiger partial charge is 0.497 e. The first kappa shape index (κ1) is 19.9. The van der Waals surface area contributed by atoms with E-state index in [2.05, 4.69) is 108 Å². The number of rotatable bonds is 7. The molecule has 4 rings (SSSR count). The third kappa shape index (κ3) is 4.15. The topological polar surface area (TPSA) is 21.3 Å². The number of methoxy groups -OCH3 is 1. The third-order valence-electron chi connectivity index (χ3n) is 5.13. The van der Waals surface area contributed by atoms with Crippen LogP contribution in [0.4, 0.5) is 5.69 Å². The van der Waals surface area contributed by atoms with Crippen molar-refractivity contribution in [3.63, 3.8) is 0 Å². The molecule has 30 heavy (non-hydrogen) atoms. The van der Waals surface area contributed by atoms with Gasteiger partial charge in [0.1, 0.15) is 28.9 Å². The quantitative estimate of drug-likeness (QED) is 0.402. The molecule has 0 saturated carbocycles. The Morgan fingerprint density at radius 1 is 0.600 bits per heavy atom. The van der Waals surface area contributed by atoms with Gasteiger partial charge < -0.3 is 10.1 Å². The summed E-state index contributed by atoms with van der Waals surface area (Å²) < 4.78 is 5.26. The Morgan fingerprint density at radius 3 is 1.43 bits per heavy atom. The van der Waals surface area contributed by atoms with Crippen molar-refractivity contribution in [1.29, 1.82) is 0 Å². The Balaban J connectivity index is 1.82. The summed E-state index contributed by atoms with van der Waals surface area (Å²) in [5, 5.41) is 7.44. The molecule has 0 unspecified atom stereocenters. The molecule has 4 aromatic carbocycles. The lowest BCUT2D eigenvalue weighted by molar-refractivity contribution is 0.415. The molecular weight excluding hydrogens is 385 g/mol. The highest BCUT2D eigenvalue weighted by Gasteiger charge is 2.43. The third-order valence-corrected chi connectivity index (χ3v) is 9.06. The first-order chi connectivity index (χ1) is 14.8. The van der Waals surface area contributed by atoms with Crippen molar-refractivity contribution >= 4 is 28.9 Å². The van der Waals surface area contributed by atoms with Crippen LogP contribution in [0.25, 0.3) is 0 Å². The number of ether oxygens (including phenoxy) is 1. The molecule has 1 N–H and O–H groups in total. The number of hydrogen-bond donors (Lipinski definition) is 1. The van der Waals surface area contributed by atoms with Crippen LogP contribution in [0, 0.1) is 0 Å². The Kier molecular flexibility index (Phi) is 6.27. The molecule has 3 heteroatoms. The number of anilines is 1. The van der Waals surface area contributed by atoms with Crippen LogP contribution in [0.3, 0.4) is 0 Å². The number of nitrogens with one attached hydrogen (secondary N) is 1. The van der Waals surface area contributed by atoms with Crippen molar-refractivity contribution in [3.8, 4) is 5.75 Å². The van der Waals surface area contributed by atoms with Crippen molar-refractivity contribution in [2.24, 2.45) is 0 Å². The predicted octanol–water partition coefficient (Wildman–Crippen LogP) is 5.57. The summed E-state index contributed by atoms with van der Waals surface area (Å²) in [4.78, 5) is 0. The summed E-state index contributed by atoms with van der Waals surface area (Å²) in [6.07, 6.45) is 2.09. The molecule has 0 radical (unpaired) electrons. The van der Waals surface area contributed by atoms with E-state index in [-0.39, 0.29) is 0 Å². The summed E-state index contributed by atoms with van der Waals surface area (Å²) in [7, 11) is -0.292. The molecule has 0 bridgehead atoms. The summed E-state index contributed by atoms with van der Waals surface area (Å²) in [5.74, 6) is 3.21. The van der Waals surface area contributed by atoms with Crippen molar-refractivity contribution < 1.29 is 4.74 Å². The van der Waals surface area contributed by atoms with Gasteiger partial charge in [-0.15, -0.1) is 0 Å². The van der Waals surface area contributed by atoms with Gasteiger partial charge in [0.05, 0.1) is 12.9 Å². The second-order valence-corrected chi connectivity index (χ2v) is 10.2. The zero-order chi connectivity index (χ0) is 20.7. The predicted molar refractivity (Wildman–Crippen MR) is 131 cm³/mol. The lowest BCUT2D eigenvalue weighted by Gasteiger charge is -2.24. The minimum Gasteiger partial charge on any atom is -0.497 e. The Hall–Kier alpha value is -3.35. The molecule has 148 valence electrons. The molecule has 0 fully saturated rings. The van der Waals surface area contributed by atoms with Gasteiger partial charge in [-0.05, 0) is 60.7 Å². The Labute approximate surface area is 179 Å². The average Bonchev–Trinajstić information content (AvgIpc) is 2.84. The smallest absolute Gasteiger partial charge is 0.138 e. The van der Waals surface area contributed by atoms with E-state index in [1.165, 1.54) is 15.9 Å². The summed E-state index contributed by atoms with van der Waals surface area (Å²) in [6, 6.07) is 40.4. The van der Waals surface area contributed by atoms with Crippen molar-refractivity contribution in [2.75, 3.05) is 12.4 Å². The maximum absolute atomic E-state index is 5.26. The van der Waals surface area contributed by atoms with Gasteiger partial charge in [-0.2, -0.15) is 0 Å². The van der Waals surface area contributed by atoms with E-state index < -0.39 is 7.26 Å². The molecule has 0 aromatic heterocycles. The molecule has 2 nitrogen and oxygen atoms in total. The maximum Gasteiger partial charge on any atom is 0.138 e. The first-order valence-electron chi connectivity index (χ1n) is 9.97. The van der Waals surface area contributed by atoms with E-state index in [1.54, 1.807) is 7.11 Å². The van der Waals surface area contributed by atoms with Crippen LogP contribution in [0.2, 0.25) is 0 Å². The highest BCUT2D eigenvalue weighted by Crippen LogP contribution is 2.56. The molecule has 0 atom stereocenters. The van der Waals surface area contributed by atoms with Crippen LogP contribution in [0.1, 0.15) is 0 Å². The van der Waals surface area contributed by atoms with E-state index in [4.69, 9.17) is 4.74 Å². The lowest BCUT2D eigenvalue weighted by Crippen LogP contribution is -2.29. The van der Waals surface area contributed by atoms with E-state index in [1.807, 2.05) is 24.3 Å². The second kappa shape index (κ2) is 9.43. The van der Waals surface area contributed by atoms with Crippen LogP contribution in [0.5, 0.6) is 5.75 Å². The zero-order valence-electron chi connectivity index (χ0n) is 17.0. The fraction of sp³-hybridized carbons (Fsp3) is 0.0370.